The van der Waals surface area contributed by atoms with Gasteiger partial charge in [-0.1, -0.05) is 42.1 Å². The maximum atomic E-state index is 13.8. The van der Waals surface area contributed by atoms with E-state index in [0.717, 1.165) is 11.8 Å². The van der Waals surface area contributed by atoms with Crippen molar-refractivity contribution >= 4 is 33.2 Å². The van der Waals surface area contributed by atoms with Gasteiger partial charge in [0.2, 0.25) is 5.91 Å². The Morgan fingerprint density at radius 2 is 1.94 bits per heavy atom. The number of halogens is 1. The Morgan fingerprint density at radius 1 is 1.21 bits per heavy atom. The molecule has 8 nitrogen and oxygen atoms in total. The van der Waals surface area contributed by atoms with E-state index in [-0.39, 0.29) is 40.0 Å². The Labute approximate surface area is 195 Å². The Kier molecular flexibility index (Phi) is 6.99. The van der Waals surface area contributed by atoms with Gasteiger partial charge in [0.05, 0.1) is 23.3 Å². The molecule has 0 bridgehead atoms. The van der Waals surface area contributed by atoms with Crippen LogP contribution in [0, 0.1) is 5.82 Å². The largest absolute Gasteiger partial charge is 0.478 e. The fraction of sp³-hybridized carbons (Fsp3) is 0.318. The zero-order valence-electron chi connectivity index (χ0n) is 17.8. The van der Waals surface area contributed by atoms with E-state index in [1.165, 1.54) is 12.1 Å². The van der Waals surface area contributed by atoms with Crippen molar-refractivity contribution in [2.45, 2.75) is 30.7 Å². The number of nitrogens with zero attached hydrogens (tertiary/aromatic N) is 3. The number of hydrogen-bond acceptors (Lipinski definition) is 8. The van der Waals surface area contributed by atoms with E-state index in [4.69, 9.17) is 9.15 Å². The van der Waals surface area contributed by atoms with Crippen LogP contribution in [0.1, 0.15) is 25.3 Å². The molecule has 1 aromatic heterocycles. The van der Waals surface area contributed by atoms with E-state index in [2.05, 4.69) is 10.2 Å². The number of benzene rings is 2. The predicted molar refractivity (Wildman–Crippen MR) is 121 cm³/mol. The second-order valence-electron chi connectivity index (χ2n) is 7.54. The summed E-state index contributed by atoms with van der Waals surface area (Å²) in [4.78, 5) is 14.6. The lowest BCUT2D eigenvalue weighted by molar-refractivity contribution is -0.116. The molecule has 2 aromatic carbocycles. The van der Waals surface area contributed by atoms with Crippen LogP contribution in [-0.4, -0.2) is 47.8 Å². The maximum Gasteiger partial charge on any atom is 0.277 e. The number of carbonyl (C=O) groups excluding carboxylic acids is 1. The van der Waals surface area contributed by atoms with Gasteiger partial charge >= 0.3 is 0 Å². The molecule has 1 fully saturated rings. The molecule has 0 saturated carbocycles. The number of aromatic nitrogens is 2. The molecular weight excluding hydrogens is 469 g/mol. The number of para-hydroxylation sites is 2. The van der Waals surface area contributed by atoms with Gasteiger partial charge in [0.15, 0.2) is 27.5 Å². The van der Waals surface area contributed by atoms with Crippen LogP contribution in [0.2, 0.25) is 0 Å². The highest BCUT2D eigenvalue weighted by Crippen LogP contribution is 2.28. The molecule has 3 aromatic rings. The molecule has 0 spiro atoms. The van der Waals surface area contributed by atoms with Crippen molar-refractivity contribution < 1.29 is 26.8 Å². The van der Waals surface area contributed by atoms with Crippen molar-refractivity contribution in [3.05, 3.63) is 66.3 Å². The topological polar surface area (TPSA) is 103 Å². The van der Waals surface area contributed by atoms with Crippen LogP contribution in [0.25, 0.3) is 0 Å². The van der Waals surface area contributed by atoms with Crippen molar-refractivity contribution in [3.63, 3.8) is 0 Å². The van der Waals surface area contributed by atoms with Gasteiger partial charge in [-0.2, -0.15) is 0 Å². The number of rotatable bonds is 8. The summed E-state index contributed by atoms with van der Waals surface area (Å²) in [5.41, 5.74) is 0.642. The molecule has 11 heteroatoms. The average Bonchev–Trinajstić information content (AvgIpc) is 3.41. The van der Waals surface area contributed by atoms with E-state index in [0.29, 0.717) is 12.1 Å². The molecule has 1 aliphatic rings. The minimum absolute atomic E-state index is 0.0182. The summed E-state index contributed by atoms with van der Waals surface area (Å²) < 4.78 is 48.9. The maximum absolute atomic E-state index is 13.8. The number of ether oxygens (including phenoxy) is 1. The fourth-order valence-corrected chi connectivity index (χ4v) is 5.87. The summed E-state index contributed by atoms with van der Waals surface area (Å²) in [6.07, 6.45) is -0.299. The molecule has 1 aliphatic heterocycles. The summed E-state index contributed by atoms with van der Waals surface area (Å²) in [6, 6.07) is 14.6. The summed E-state index contributed by atoms with van der Waals surface area (Å²) in [5, 5.41) is 8.02. The molecule has 0 radical (unpaired) electrons. The van der Waals surface area contributed by atoms with Gasteiger partial charge in [-0.3, -0.25) is 4.79 Å². The summed E-state index contributed by atoms with van der Waals surface area (Å²) in [7, 11) is -3.17. The van der Waals surface area contributed by atoms with Gasteiger partial charge in [0, 0.05) is 5.69 Å². The molecule has 33 heavy (non-hydrogen) atoms. The van der Waals surface area contributed by atoms with Gasteiger partial charge in [0.1, 0.15) is 0 Å². The third-order valence-electron chi connectivity index (χ3n) is 5.11. The van der Waals surface area contributed by atoms with E-state index < -0.39 is 27.8 Å². The van der Waals surface area contributed by atoms with Crippen molar-refractivity contribution in [3.8, 4) is 5.75 Å². The summed E-state index contributed by atoms with van der Waals surface area (Å²) in [6.45, 7) is 1.65. The van der Waals surface area contributed by atoms with Crippen molar-refractivity contribution in [1.82, 2.24) is 10.2 Å². The van der Waals surface area contributed by atoms with Crippen LogP contribution in [0.5, 0.6) is 5.75 Å². The summed E-state index contributed by atoms with van der Waals surface area (Å²) in [5.74, 6) is -0.562. The highest BCUT2D eigenvalue weighted by Gasteiger charge is 2.35. The van der Waals surface area contributed by atoms with Gasteiger partial charge < -0.3 is 14.1 Å². The van der Waals surface area contributed by atoms with Crippen LogP contribution < -0.4 is 9.64 Å². The molecule has 1 saturated heterocycles. The Balaban J connectivity index is 1.42. The van der Waals surface area contributed by atoms with E-state index in [1.54, 1.807) is 48.2 Å². The molecule has 2 heterocycles. The van der Waals surface area contributed by atoms with Gasteiger partial charge in [-0.15, -0.1) is 10.2 Å². The smallest absolute Gasteiger partial charge is 0.277 e. The second-order valence-corrected chi connectivity index (χ2v) is 10.7. The molecule has 174 valence electrons. The normalized spacial score (nSPS) is 18.1. The van der Waals surface area contributed by atoms with Crippen LogP contribution in [-0.2, 0) is 14.6 Å². The first-order chi connectivity index (χ1) is 15.8. The lowest BCUT2D eigenvalue weighted by Crippen LogP contribution is -2.42. The first-order valence-electron chi connectivity index (χ1n) is 10.3. The first-order valence-corrected chi connectivity index (χ1v) is 13.1. The average molecular weight is 492 g/mol. The Bertz CT molecular complexity index is 1220. The number of carbonyl (C=O) groups is 1. The SMILES string of the molecule is C[C@H](Oc1ccccc1F)c1nnc(SCC(=O)N(c2ccccc2)[C@H]2CCS(=O)(=O)C2)o1. The lowest BCUT2D eigenvalue weighted by atomic mass is 10.2. The quantitative estimate of drug-likeness (QED) is 0.440. The molecule has 0 N–H and O–H groups in total. The first kappa shape index (κ1) is 23.2. The van der Waals surface area contributed by atoms with Crippen LogP contribution in [0.15, 0.2) is 64.2 Å². The van der Waals surface area contributed by atoms with E-state index in [1.807, 2.05) is 6.07 Å². The fourth-order valence-electron chi connectivity index (χ4n) is 3.54. The Hall–Kier alpha value is -2.92. The number of amides is 1. The van der Waals surface area contributed by atoms with Crippen molar-refractivity contribution in [2.24, 2.45) is 0 Å². The number of hydrogen-bond donors (Lipinski definition) is 0. The molecule has 0 unspecified atom stereocenters. The van der Waals surface area contributed by atoms with Crippen LogP contribution in [0.3, 0.4) is 0 Å². The third-order valence-corrected chi connectivity index (χ3v) is 7.66. The highest BCUT2D eigenvalue weighted by molar-refractivity contribution is 7.99. The van der Waals surface area contributed by atoms with E-state index in [9.17, 15) is 17.6 Å². The molecule has 2 atom stereocenters. The monoisotopic (exact) mass is 491 g/mol. The lowest BCUT2D eigenvalue weighted by Gasteiger charge is -2.28. The minimum Gasteiger partial charge on any atom is -0.478 e. The molecule has 1 amide bonds. The standard InChI is InChI=1S/C22H22FN3O5S2/c1-15(30-19-10-6-5-9-18(19)23)21-24-25-22(31-21)32-13-20(27)26(16-7-3-2-4-8-16)17-11-12-33(28,29)14-17/h2-10,15,17H,11-14H2,1H3/t15-,17-/m0/s1. The number of sulfone groups is 1. The van der Waals surface area contributed by atoms with Gasteiger partial charge in [-0.25, -0.2) is 12.8 Å². The predicted octanol–water partition coefficient (Wildman–Crippen LogP) is 3.66. The summed E-state index contributed by atoms with van der Waals surface area (Å²) >= 11 is 1.05. The van der Waals surface area contributed by atoms with Crippen molar-refractivity contribution in [2.75, 3.05) is 22.2 Å². The third kappa shape index (κ3) is 5.72. The van der Waals surface area contributed by atoms with Crippen molar-refractivity contribution in [1.29, 1.82) is 0 Å². The second kappa shape index (κ2) is 9.92. The number of anilines is 1. The zero-order chi connectivity index (χ0) is 23.4. The van der Waals surface area contributed by atoms with Crippen LogP contribution in [0.4, 0.5) is 10.1 Å². The molecule has 0 aliphatic carbocycles. The Morgan fingerprint density at radius 3 is 2.64 bits per heavy atom. The zero-order valence-corrected chi connectivity index (χ0v) is 19.4. The molecule has 4 rings (SSSR count). The van der Waals surface area contributed by atoms with Crippen LogP contribution >= 0.6 is 11.8 Å². The van der Waals surface area contributed by atoms with Gasteiger partial charge in [-0.05, 0) is 37.6 Å². The van der Waals surface area contributed by atoms with Gasteiger partial charge in [0.25, 0.3) is 11.1 Å². The molecular formula is C22H22FN3O5S2. The highest BCUT2D eigenvalue weighted by atomic mass is 32.2. The number of thioether (sulfide) groups is 1. The van der Waals surface area contributed by atoms with E-state index >= 15 is 0 Å². The minimum atomic E-state index is -3.17.